The Morgan fingerprint density at radius 3 is 2.75 bits per heavy atom. The molecule has 0 aromatic heterocycles. The maximum Gasteiger partial charge on any atom is 0.307 e. The summed E-state index contributed by atoms with van der Waals surface area (Å²) in [6, 6.07) is 15.3. The summed E-state index contributed by atoms with van der Waals surface area (Å²) in [7, 11) is 0. The predicted octanol–water partition coefficient (Wildman–Crippen LogP) is 3.64. The lowest BCUT2D eigenvalue weighted by atomic mass is 10.1. The van der Waals surface area contributed by atoms with E-state index in [4.69, 9.17) is 15.6 Å². The summed E-state index contributed by atoms with van der Waals surface area (Å²) in [6.45, 7) is 2.54. The molecule has 0 saturated carbocycles. The van der Waals surface area contributed by atoms with Gasteiger partial charge in [-0.2, -0.15) is 0 Å². The SMILES string of the molecule is CCC(/C=C/c1cccc(CN)c1)Oc1ccccc1CC(=O)O. The molecule has 126 valence electrons. The van der Waals surface area contributed by atoms with Crippen molar-refractivity contribution in [3.63, 3.8) is 0 Å². The zero-order valence-corrected chi connectivity index (χ0v) is 13.8. The average Bonchev–Trinajstić information content (AvgIpc) is 2.59. The van der Waals surface area contributed by atoms with Crippen LogP contribution in [-0.4, -0.2) is 17.2 Å². The van der Waals surface area contributed by atoms with Crippen LogP contribution in [-0.2, 0) is 17.8 Å². The zero-order chi connectivity index (χ0) is 17.4. The molecular weight excluding hydrogens is 302 g/mol. The number of carbonyl (C=O) groups is 1. The van der Waals surface area contributed by atoms with Crippen molar-refractivity contribution in [1.82, 2.24) is 0 Å². The number of rotatable bonds is 8. The molecule has 2 rings (SSSR count). The molecule has 2 aromatic rings. The molecular formula is C20H23NO3. The molecule has 0 heterocycles. The van der Waals surface area contributed by atoms with Gasteiger partial charge in [0.05, 0.1) is 6.42 Å². The number of hydrogen-bond donors (Lipinski definition) is 2. The largest absolute Gasteiger partial charge is 0.486 e. The Labute approximate surface area is 142 Å². The van der Waals surface area contributed by atoms with Crippen molar-refractivity contribution < 1.29 is 14.6 Å². The lowest BCUT2D eigenvalue weighted by Gasteiger charge is -2.16. The molecule has 0 radical (unpaired) electrons. The first kappa shape index (κ1) is 17.8. The van der Waals surface area contributed by atoms with Crippen molar-refractivity contribution in [2.24, 2.45) is 5.73 Å². The molecule has 2 aromatic carbocycles. The van der Waals surface area contributed by atoms with Gasteiger partial charge in [-0.3, -0.25) is 4.79 Å². The molecule has 0 spiro atoms. The van der Waals surface area contributed by atoms with Gasteiger partial charge in [0.2, 0.25) is 0 Å². The van der Waals surface area contributed by atoms with Crippen molar-refractivity contribution in [3.8, 4) is 5.75 Å². The lowest BCUT2D eigenvalue weighted by Crippen LogP contribution is -2.14. The topological polar surface area (TPSA) is 72.5 Å². The Morgan fingerprint density at radius 1 is 1.25 bits per heavy atom. The van der Waals surface area contributed by atoms with Crippen molar-refractivity contribution in [1.29, 1.82) is 0 Å². The number of carboxylic acid groups (broad SMARTS) is 1. The fourth-order valence-corrected chi connectivity index (χ4v) is 2.39. The molecule has 24 heavy (non-hydrogen) atoms. The van der Waals surface area contributed by atoms with E-state index in [2.05, 4.69) is 0 Å². The number of benzene rings is 2. The van der Waals surface area contributed by atoms with Gasteiger partial charge in [0, 0.05) is 12.1 Å². The van der Waals surface area contributed by atoms with Crippen molar-refractivity contribution >= 4 is 12.0 Å². The van der Waals surface area contributed by atoms with Gasteiger partial charge in [-0.25, -0.2) is 0 Å². The summed E-state index contributed by atoms with van der Waals surface area (Å²) in [5.41, 5.74) is 8.49. The van der Waals surface area contributed by atoms with Gasteiger partial charge >= 0.3 is 5.97 Å². The van der Waals surface area contributed by atoms with Gasteiger partial charge in [0.1, 0.15) is 11.9 Å². The van der Waals surface area contributed by atoms with Crippen LogP contribution in [0, 0.1) is 0 Å². The number of aliphatic carboxylic acids is 1. The van der Waals surface area contributed by atoms with E-state index in [1.54, 1.807) is 6.07 Å². The minimum Gasteiger partial charge on any atom is -0.486 e. The van der Waals surface area contributed by atoms with E-state index < -0.39 is 5.97 Å². The highest BCUT2D eigenvalue weighted by Gasteiger charge is 2.10. The van der Waals surface area contributed by atoms with Crippen molar-refractivity contribution in [3.05, 3.63) is 71.3 Å². The fourth-order valence-electron chi connectivity index (χ4n) is 2.39. The first-order valence-corrected chi connectivity index (χ1v) is 8.06. The van der Waals surface area contributed by atoms with Gasteiger partial charge in [-0.05, 0) is 29.7 Å². The quantitative estimate of drug-likeness (QED) is 0.777. The van der Waals surface area contributed by atoms with Gasteiger partial charge in [0.15, 0.2) is 0 Å². The highest BCUT2D eigenvalue weighted by Crippen LogP contribution is 2.21. The molecule has 4 nitrogen and oxygen atoms in total. The van der Waals surface area contributed by atoms with Crippen LogP contribution in [0.2, 0.25) is 0 Å². The van der Waals surface area contributed by atoms with Gasteiger partial charge in [-0.15, -0.1) is 0 Å². The minimum atomic E-state index is -0.867. The molecule has 0 amide bonds. The van der Waals surface area contributed by atoms with Gasteiger partial charge < -0.3 is 15.6 Å². The second kappa shape index (κ2) is 8.89. The molecule has 0 aliphatic heterocycles. The van der Waals surface area contributed by atoms with E-state index in [-0.39, 0.29) is 12.5 Å². The Kier molecular flexibility index (Phi) is 6.58. The number of nitrogens with two attached hydrogens (primary N) is 1. The summed E-state index contributed by atoms with van der Waals surface area (Å²) in [5.74, 6) is -0.250. The summed E-state index contributed by atoms with van der Waals surface area (Å²) in [4.78, 5) is 11.0. The molecule has 0 aliphatic carbocycles. The molecule has 3 N–H and O–H groups in total. The highest BCUT2D eigenvalue weighted by molar-refractivity contribution is 5.71. The Morgan fingerprint density at radius 2 is 2.04 bits per heavy atom. The van der Waals surface area contributed by atoms with E-state index in [0.717, 1.165) is 17.5 Å². The zero-order valence-electron chi connectivity index (χ0n) is 13.8. The van der Waals surface area contributed by atoms with Crippen LogP contribution in [0.4, 0.5) is 0 Å². The van der Waals surface area contributed by atoms with Crippen LogP contribution >= 0.6 is 0 Å². The fraction of sp³-hybridized carbons (Fsp3) is 0.250. The van der Waals surface area contributed by atoms with E-state index in [1.165, 1.54) is 0 Å². The average molecular weight is 325 g/mol. The van der Waals surface area contributed by atoms with E-state index >= 15 is 0 Å². The summed E-state index contributed by atoms with van der Waals surface area (Å²) < 4.78 is 6.00. The highest BCUT2D eigenvalue weighted by atomic mass is 16.5. The molecule has 0 bridgehead atoms. The van der Waals surface area contributed by atoms with Gasteiger partial charge in [-0.1, -0.05) is 55.5 Å². The Hall–Kier alpha value is -2.59. The van der Waals surface area contributed by atoms with Crippen molar-refractivity contribution in [2.45, 2.75) is 32.4 Å². The second-order valence-corrected chi connectivity index (χ2v) is 5.55. The third-order valence-electron chi connectivity index (χ3n) is 3.69. The summed E-state index contributed by atoms with van der Waals surface area (Å²) in [5, 5.41) is 9.00. The van der Waals surface area contributed by atoms with E-state index in [9.17, 15) is 4.79 Å². The van der Waals surface area contributed by atoms with Crippen LogP contribution in [0.15, 0.2) is 54.6 Å². The van der Waals surface area contributed by atoms with Crippen molar-refractivity contribution in [2.75, 3.05) is 0 Å². The lowest BCUT2D eigenvalue weighted by molar-refractivity contribution is -0.136. The normalized spacial score (nSPS) is 12.2. The van der Waals surface area contributed by atoms with Crippen LogP contribution < -0.4 is 10.5 Å². The standard InChI is InChI=1S/C20H23NO3/c1-2-18(11-10-15-6-5-7-16(12-15)14-21)24-19-9-4-3-8-17(19)13-20(22)23/h3-12,18H,2,13-14,21H2,1H3,(H,22,23)/b11-10+. The summed E-state index contributed by atoms with van der Waals surface area (Å²) >= 11 is 0. The number of hydrogen-bond acceptors (Lipinski definition) is 3. The number of ether oxygens (including phenoxy) is 1. The van der Waals surface area contributed by atoms with Crippen LogP contribution in [0.3, 0.4) is 0 Å². The molecule has 0 saturated heterocycles. The molecule has 1 atom stereocenters. The Bertz CT molecular complexity index is 710. The minimum absolute atomic E-state index is 0.0468. The third kappa shape index (κ3) is 5.25. The monoisotopic (exact) mass is 325 g/mol. The van der Waals surface area contributed by atoms with E-state index in [0.29, 0.717) is 17.9 Å². The Balaban J connectivity index is 2.12. The first-order valence-electron chi connectivity index (χ1n) is 8.06. The second-order valence-electron chi connectivity index (χ2n) is 5.55. The molecule has 0 aliphatic rings. The maximum absolute atomic E-state index is 11.0. The molecule has 0 fully saturated rings. The summed E-state index contributed by atoms with van der Waals surface area (Å²) in [6.07, 6.45) is 4.62. The third-order valence-corrected chi connectivity index (χ3v) is 3.69. The van der Waals surface area contributed by atoms with Crippen LogP contribution in [0.25, 0.3) is 6.08 Å². The predicted molar refractivity (Wildman–Crippen MR) is 95.9 cm³/mol. The van der Waals surface area contributed by atoms with Gasteiger partial charge in [0.25, 0.3) is 0 Å². The smallest absolute Gasteiger partial charge is 0.307 e. The van der Waals surface area contributed by atoms with Crippen LogP contribution in [0.5, 0.6) is 5.75 Å². The number of carboxylic acids is 1. The molecule has 1 unspecified atom stereocenters. The van der Waals surface area contributed by atoms with Crippen LogP contribution in [0.1, 0.15) is 30.0 Å². The maximum atomic E-state index is 11.0. The van der Waals surface area contributed by atoms with E-state index in [1.807, 2.05) is 61.5 Å². The first-order chi connectivity index (χ1) is 11.6. The molecule has 4 heteroatoms. The number of para-hydroxylation sites is 1.